The molecule has 0 aromatic carbocycles. The number of rotatable bonds is 4. The molecule has 0 spiro atoms. The summed E-state index contributed by atoms with van der Waals surface area (Å²) in [5, 5.41) is 3.10. The van der Waals surface area contributed by atoms with Crippen LogP contribution < -0.4 is 11.1 Å². The van der Waals surface area contributed by atoms with Gasteiger partial charge in [-0.25, -0.2) is 9.78 Å². The number of nitrogens with zero attached hydrogens (tertiary/aromatic N) is 2. The number of nitrogens with one attached hydrogen (secondary N) is 1. The van der Waals surface area contributed by atoms with E-state index >= 15 is 0 Å². The summed E-state index contributed by atoms with van der Waals surface area (Å²) in [6.45, 7) is 5.84. The number of carbonyl (C=O) groups is 1. The summed E-state index contributed by atoms with van der Waals surface area (Å²) in [7, 11) is 0. The van der Waals surface area contributed by atoms with Crippen molar-refractivity contribution in [1.29, 1.82) is 0 Å². The van der Waals surface area contributed by atoms with E-state index in [1.165, 1.54) is 6.20 Å². The number of nitrogens with two attached hydrogens (primary N) is 1. The van der Waals surface area contributed by atoms with Gasteiger partial charge in [0.15, 0.2) is 0 Å². The average molecular weight is 286 g/mol. The lowest BCUT2D eigenvalue weighted by molar-refractivity contribution is 0.0527. The molecule has 2 rings (SSSR count). The summed E-state index contributed by atoms with van der Waals surface area (Å²) in [5.74, 6) is -0.0612. The molecule has 3 N–H and O–H groups in total. The molecule has 0 unspecified atom stereocenters. The minimum atomic E-state index is -0.461. The minimum Gasteiger partial charge on any atom is -0.462 e. The lowest BCUT2D eigenvalue weighted by atomic mass is 10.2. The summed E-state index contributed by atoms with van der Waals surface area (Å²) in [6, 6.07) is 5.32. The van der Waals surface area contributed by atoms with Crippen molar-refractivity contribution in [2.45, 2.75) is 20.8 Å². The van der Waals surface area contributed by atoms with E-state index in [1.54, 1.807) is 13.0 Å². The van der Waals surface area contributed by atoms with E-state index in [9.17, 15) is 4.79 Å². The summed E-state index contributed by atoms with van der Waals surface area (Å²) >= 11 is 0. The molecule has 6 nitrogen and oxygen atoms in total. The molecule has 0 radical (unpaired) electrons. The monoisotopic (exact) mass is 286 g/mol. The van der Waals surface area contributed by atoms with Crippen molar-refractivity contribution >= 4 is 23.2 Å². The molecule has 21 heavy (non-hydrogen) atoms. The highest BCUT2D eigenvalue weighted by Crippen LogP contribution is 2.23. The zero-order valence-electron chi connectivity index (χ0n) is 12.3. The zero-order valence-corrected chi connectivity index (χ0v) is 12.3. The maximum atomic E-state index is 12.0. The van der Waals surface area contributed by atoms with Gasteiger partial charge in [-0.2, -0.15) is 0 Å². The third-order valence-corrected chi connectivity index (χ3v) is 2.88. The van der Waals surface area contributed by atoms with Gasteiger partial charge in [0.1, 0.15) is 11.4 Å². The molecule has 0 saturated carbocycles. The van der Waals surface area contributed by atoms with Gasteiger partial charge in [0.05, 0.1) is 29.9 Å². The highest BCUT2D eigenvalue weighted by Gasteiger charge is 2.15. The van der Waals surface area contributed by atoms with E-state index in [-0.39, 0.29) is 6.61 Å². The van der Waals surface area contributed by atoms with Gasteiger partial charge in [0.25, 0.3) is 0 Å². The standard InChI is InChI=1S/C15H18N4O2/c1-4-21-15(20)12-7-11(16)8-17-14(12)19-13-6-5-9(2)18-10(13)3/h5-8H,4,16H2,1-3H3,(H,17,19). The van der Waals surface area contributed by atoms with Gasteiger partial charge >= 0.3 is 5.97 Å². The molecule has 2 heterocycles. The Balaban J connectivity index is 2.37. The Morgan fingerprint density at radius 1 is 1.38 bits per heavy atom. The Morgan fingerprint density at radius 2 is 2.14 bits per heavy atom. The molecule has 0 saturated heterocycles. The van der Waals surface area contributed by atoms with Gasteiger partial charge in [0.2, 0.25) is 0 Å². The summed E-state index contributed by atoms with van der Waals surface area (Å²) in [6.07, 6.45) is 1.49. The second kappa shape index (κ2) is 6.21. The first-order valence-corrected chi connectivity index (χ1v) is 6.65. The highest BCUT2D eigenvalue weighted by atomic mass is 16.5. The van der Waals surface area contributed by atoms with E-state index in [2.05, 4.69) is 15.3 Å². The second-order valence-electron chi connectivity index (χ2n) is 4.60. The van der Waals surface area contributed by atoms with Crippen molar-refractivity contribution in [1.82, 2.24) is 9.97 Å². The lowest BCUT2D eigenvalue weighted by Crippen LogP contribution is -2.10. The number of anilines is 3. The smallest absolute Gasteiger partial charge is 0.341 e. The number of aromatic nitrogens is 2. The van der Waals surface area contributed by atoms with E-state index in [1.807, 2.05) is 26.0 Å². The van der Waals surface area contributed by atoms with Gasteiger partial charge in [-0.1, -0.05) is 0 Å². The number of hydrogen-bond acceptors (Lipinski definition) is 6. The number of nitrogen functional groups attached to an aromatic ring is 1. The van der Waals surface area contributed by atoms with Crippen LogP contribution in [0.4, 0.5) is 17.2 Å². The van der Waals surface area contributed by atoms with Gasteiger partial charge in [-0.3, -0.25) is 4.98 Å². The highest BCUT2D eigenvalue weighted by molar-refractivity contribution is 5.96. The maximum absolute atomic E-state index is 12.0. The summed E-state index contributed by atoms with van der Waals surface area (Å²) < 4.78 is 5.02. The minimum absolute atomic E-state index is 0.290. The van der Waals surface area contributed by atoms with Crippen molar-refractivity contribution in [3.05, 3.63) is 41.3 Å². The molecule has 0 fully saturated rings. The molecular weight excluding hydrogens is 268 g/mol. The van der Waals surface area contributed by atoms with E-state index in [0.29, 0.717) is 17.1 Å². The Kier molecular flexibility index (Phi) is 4.37. The first-order valence-electron chi connectivity index (χ1n) is 6.65. The molecule has 0 atom stereocenters. The Bertz CT molecular complexity index is 671. The van der Waals surface area contributed by atoms with E-state index in [4.69, 9.17) is 10.5 Å². The molecule has 6 heteroatoms. The van der Waals surface area contributed by atoms with Crippen LogP contribution in [0, 0.1) is 13.8 Å². The van der Waals surface area contributed by atoms with Crippen LogP contribution in [0.5, 0.6) is 0 Å². The molecule has 0 aliphatic rings. The topological polar surface area (TPSA) is 90.1 Å². The first kappa shape index (κ1) is 14.8. The van der Waals surface area contributed by atoms with Crippen molar-refractivity contribution in [3.8, 4) is 0 Å². The van der Waals surface area contributed by atoms with Gasteiger partial charge < -0.3 is 15.8 Å². The Labute approximate surface area is 123 Å². The molecule has 0 aliphatic heterocycles. The molecule has 2 aromatic heterocycles. The number of hydrogen-bond donors (Lipinski definition) is 2. The summed E-state index contributed by atoms with van der Waals surface area (Å²) in [4.78, 5) is 20.5. The number of pyridine rings is 2. The third-order valence-electron chi connectivity index (χ3n) is 2.88. The van der Waals surface area contributed by atoms with Crippen LogP contribution in [0.2, 0.25) is 0 Å². The third kappa shape index (κ3) is 3.47. The molecule has 110 valence electrons. The normalized spacial score (nSPS) is 10.2. The Morgan fingerprint density at radius 3 is 2.81 bits per heavy atom. The number of aryl methyl sites for hydroxylation is 2. The molecular formula is C15H18N4O2. The fourth-order valence-electron chi connectivity index (χ4n) is 1.89. The number of ether oxygens (including phenoxy) is 1. The van der Waals surface area contributed by atoms with Crippen LogP contribution in [-0.4, -0.2) is 22.5 Å². The van der Waals surface area contributed by atoms with Crippen LogP contribution in [0.3, 0.4) is 0 Å². The first-order chi connectivity index (χ1) is 10.0. The SMILES string of the molecule is CCOC(=O)c1cc(N)cnc1Nc1ccc(C)nc1C. The van der Waals surface area contributed by atoms with Crippen molar-refractivity contribution in [3.63, 3.8) is 0 Å². The predicted octanol–water partition coefficient (Wildman–Crippen LogP) is 2.60. The van der Waals surface area contributed by atoms with Gasteiger partial charge in [-0.15, -0.1) is 0 Å². The van der Waals surface area contributed by atoms with E-state index in [0.717, 1.165) is 17.1 Å². The molecule has 0 bridgehead atoms. The average Bonchev–Trinajstić information content (AvgIpc) is 2.43. The van der Waals surface area contributed by atoms with Crippen molar-refractivity contribution in [2.75, 3.05) is 17.7 Å². The predicted molar refractivity (Wildman–Crippen MR) is 81.6 cm³/mol. The lowest BCUT2D eigenvalue weighted by Gasteiger charge is -2.12. The van der Waals surface area contributed by atoms with Gasteiger partial charge in [0, 0.05) is 5.69 Å². The second-order valence-corrected chi connectivity index (χ2v) is 4.60. The Hall–Kier alpha value is -2.63. The van der Waals surface area contributed by atoms with Crippen LogP contribution in [0.1, 0.15) is 28.7 Å². The fraction of sp³-hybridized carbons (Fsp3) is 0.267. The molecule has 0 amide bonds. The fourth-order valence-corrected chi connectivity index (χ4v) is 1.89. The van der Waals surface area contributed by atoms with Crippen LogP contribution in [0.25, 0.3) is 0 Å². The van der Waals surface area contributed by atoms with Crippen LogP contribution >= 0.6 is 0 Å². The number of carbonyl (C=O) groups excluding carboxylic acids is 1. The zero-order chi connectivity index (χ0) is 15.4. The maximum Gasteiger partial charge on any atom is 0.341 e. The molecule has 0 aliphatic carbocycles. The summed E-state index contributed by atoms with van der Waals surface area (Å²) in [5.41, 5.74) is 8.93. The van der Waals surface area contributed by atoms with Crippen molar-refractivity contribution < 1.29 is 9.53 Å². The van der Waals surface area contributed by atoms with Crippen LogP contribution in [-0.2, 0) is 4.74 Å². The van der Waals surface area contributed by atoms with Crippen LogP contribution in [0.15, 0.2) is 24.4 Å². The van der Waals surface area contributed by atoms with Gasteiger partial charge in [-0.05, 0) is 39.0 Å². The largest absolute Gasteiger partial charge is 0.462 e. The number of esters is 1. The van der Waals surface area contributed by atoms with E-state index < -0.39 is 5.97 Å². The quantitative estimate of drug-likeness (QED) is 0.840. The molecule has 2 aromatic rings. The van der Waals surface area contributed by atoms with Crippen molar-refractivity contribution in [2.24, 2.45) is 0 Å².